The summed E-state index contributed by atoms with van der Waals surface area (Å²) in [6, 6.07) is 18.1. The number of ether oxygens (including phenoxy) is 2. The maximum atomic E-state index is 9.56. The number of thiophene rings is 3. The normalized spacial score (nSPS) is 17.9. The SMILES string of the molecule is [C-]#[N+]/C(C#N)=C\c1cc(OCCC)c(C2=Cc3cc4sc5cc6c(cc5c4cc3C23CCCCC3)C2(CCCCC2)C(c2sc(/C=C(\C#N)[N+]#[C-])cc2OCCC)=C6)s1. The van der Waals surface area contributed by atoms with Crippen LogP contribution in [0.3, 0.4) is 0 Å². The average molecular weight is 829 g/mol. The summed E-state index contributed by atoms with van der Waals surface area (Å²) in [7, 11) is 0. The Bertz CT molecular complexity index is 2600. The fraction of sp³-hybridized carbons (Fsp3) is 0.360. The Morgan fingerprint density at radius 3 is 1.44 bits per heavy atom. The highest BCUT2D eigenvalue weighted by Gasteiger charge is 2.46. The maximum Gasteiger partial charge on any atom is 0.263 e. The van der Waals surface area contributed by atoms with Crippen LogP contribution in [-0.4, -0.2) is 13.2 Å². The zero-order valence-corrected chi connectivity index (χ0v) is 36.0. The minimum Gasteiger partial charge on any atom is -0.492 e. The first kappa shape index (κ1) is 39.1. The molecule has 0 aliphatic heterocycles. The molecule has 0 N–H and O–H groups in total. The summed E-state index contributed by atoms with van der Waals surface area (Å²) >= 11 is 5.17. The molecule has 5 aromatic rings. The Hall–Kier alpha value is -5.42. The molecule has 2 spiro atoms. The predicted molar refractivity (Wildman–Crippen MR) is 245 cm³/mol. The average Bonchev–Trinajstić information content (AvgIpc) is 4.07. The van der Waals surface area contributed by atoms with E-state index >= 15 is 0 Å². The maximum absolute atomic E-state index is 9.56. The Morgan fingerprint density at radius 1 is 0.644 bits per heavy atom. The molecule has 3 heterocycles. The van der Waals surface area contributed by atoms with Crippen LogP contribution in [0.15, 0.2) is 47.8 Å². The van der Waals surface area contributed by atoms with E-state index in [-0.39, 0.29) is 22.2 Å². The van der Waals surface area contributed by atoms with Crippen LogP contribution in [0.4, 0.5) is 0 Å². The quantitative estimate of drug-likeness (QED) is 0.104. The van der Waals surface area contributed by atoms with Gasteiger partial charge in [-0.3, -0.25) is 0 Å². The minimum absolute atomic E-state index is 0.0835. The molecule has 0 saturated heterocycles. The van der Waals surface area contributed by atoms with E-state index < -0.39 is 0 Å². The molecule has 4 aliphatic carbocycles. The lowest BCUT2D eigenvalue weighted by atomic mass is 9.66. The van der Waals surface area contributed by atoms with Crippen LogP contribution in [-0.2, 0) is 10.8 Å². The zero-order valence-electron chi connectivity index (χ0n) is 33.5. The minimum atomic E-state index is -0.126. The summed E-state index contributed by atoms with van der Waals surface area (Å²) < 4.78 is 15.4. The first-order valence-corrected chi connectivity index (χ1v) is 23.4. The van der Waals surface area contributed by atoms with Crippen molar-refractivity contribution in [3.8, 4) is 23.6 Å². The summed E-state index contributed by atoms with van der Waals surface area (Å²) in [4.78, 5) is 10.9. The highest BCUT2D eigenvalue weighted by Crippen LogP contribution is 2.61. The summed E-state index contributed by atoms with van der Waals surface area (Å²) in [5.41, 5.74) is 8.00. The largest absolute Gasteiger partial charge is 0.492 e. The van der Waals surface area contributed by atoms with Crippen molar-refractivity contribution in [2.24, 2.45) is 0 Å². The third-order valence-corrected chi connectivity index (χ3v) is 16.1. The van der Waals surface area contributed by atoms with Crippen molar-refractivity contribution in [3.05, 3.63) is 112 Å². The lowest BCUT2D eigenvalue weighted by Gasteiger charge is -2.38. The first-order chi connectivity index (χ1) is 28.9. The molecule has 0 atom stereocenters. The van der Waals surface area contributed by atoms with Gasteiger partial charge in [0.15, 0.2) is 0 Å². The zero-order chi connectivity index (χ0) is 40.7. The smallest absolute Gasteiger partial charge is 0.263 e. The van der Waals surface area contributed by atoms with Crippen molar-refractivity contribution in [1.29, 1.82) is 10.5 Å². The molecule has 59 heavy (non-hydrogen) atoms. The van der Waals surface area contributed by atoms with Crippen LogP contribution in [0.25, 0.3) is 65.3 Å². The van der Waals surface area contributed by atoms with E-state index in [0.717, 1.165) is 69.5 Å². The number of nitrogens with zero attached hydrogens (tertiary/aromatic N) is 4. The number of hydrogen-bond acceptors (Lipinski definition) is 7. The molecule has 0 unspecified atom stereocenters. The van der Waals surface area contributed by atoms with Crippen LogP contribution in [0.5, 0.6) is 11.5 Å². The van der Waals surface area contributed by atoms with Crippen LogP contribution < -0.4 is 9.47 Å². The highest BCUT2D eigenvalue weighted by molar-refractivity contribution is 7.25. The molecule has 0 bridgehead atoms. The van der Waals surface area contributed by atoms with Gasteiger partial charge >= 0.3 is 0 Å². The van der Waals surface area contributed by atoms with Gasteiger partial charge in [-0.1, -0.05) is 52.4 Å². The molecule has 9 heteroatoms. The molecular formula is C50H44N4O2S3. The lowest BCUT2D eigenvalue weighted by Crippen LogP contribution is -2.28. The number of benzene rings is 2. The second kappa shape index (κ2) is 16.0. The van der Waals surface area contributed by atoms with Gasteiger partial charge in [-0.15, -0.1) is 34.0 Å². The molecule has 9 rings (SSSR count). The van der Waals surface area contributed by atoms with E-state index in [0.29, 0.717) is 13.2 Å². The van der Waals surface area contributed by atoms with Crippen molar-refractivity contribution in [1.82, 2.24) is 0 Å². The second-order valence-corrected chi connectivity index (χ2v) is 19.5. The second-order valence-electron chi connectivity index (χ2n) is 16.3. The Balaban J connectivity index is 1.18. The van der Waals surface area contributed by atoms with Gasteiger partial charge in [0, 0.05) is 40.8 Å². The molecule has 3 aromatic heterocycles. The summed E-state index contributed by atoms with van der Waals surface area (Å²) in [6.07, 6.45) is 21.5. The number of hydrogen-bond donors (Lipinski definition) is 0. The molecule has 2 aromatic carbocycles. The third kappa shape index (κ3) is 6.62. The Morgan fingerprint density at radius 2 is 1.07 bits per heavy atom. The molecule has 2 fully saturated rings. The summed E-state index contributed by atoms with van der Waals surface area (Å²) in [6.45, 7) is 20.4. The Kier molecular flexibility index (Phi) is 10.6. The molecule has 2 saturated carbocycles. The van der Waals surface area contributed by atoms with Crippen LogP contribution in [0.2, 0.25) is 0 Å². The molecule has 4 aliphatic rings. The molecule has 0 radical (unpaired) electrons. The van der Waals surface area contributed by atoms with E-state index in [1.165, 1.54) is 92.1 Å². The van der Waals surface area contributed by atoms with E-state index in [9.17, 15) is 10.5 Å². The van der Waals surface area contributed by atoms with E-state index in [4.69, 9.17) is 22.6 Å². The predicted octanol–water partition coefficient (Wildman–Crippen LogP) is 14.8. The molecule has 0 amide bonds. The summed E-state index contributed by atoms with van der Waals surface area (Å²) in [5.74, 6) is 1.71. The van der Waals surface area contributed by atoms with Crippen molar-refractivity contribution in [3.63, 3.8) is 0 Å². The topological polar surface area (TPSA) is 74.8 Å². The first-order valence-electron chi connectivity index (χ1n) is 20.9. The van der Waals surface area contributed by atoms with Gasteiger partial charge in [0.1, 0.15) is 11.5 Å². The van der Waals surface area contributed by atoms with E-state index in [1.807, 2.05) is 35.6 Å². The van der Waals surface area contributed by atoms with E-state index in [2.05, 4.69) is 60.0 Å². The highest BCUT2D eigenvalue weighted by atomic mass is 32.1. The van der Waals surface area contributed by atoms with Gasteiger partial charge in [-0.05, 0) is 133 Å². The number of nitriles is 2. The van der Waals surface area contributed by atoms with Gasteiger partial charge in [-0.25, -0.2) is 20.2 Å². The fourth-order valence-corrected chi connectivity index (χ4v) is 13.7. The van der Waals surface area contributed by atoms with E-state index in [1.54, 1.807) is 34.8 Å². The van der Waals surface area contributed by atoms with Crippen LogP contribution in [0.1, 0.15) is 133 Å². The monoisotopic (exact) mass is 828 g/mol. The van der Waals surface area contributed by atoms with Gasteiger partial charge in [0.25, 0.3) is 11.4 Å². The van der Waals surface area contributed by atoms with Gasteiger partial charge in [0.05, 0.1) is 48.3 Å². The van der Waals surface area contributed by atoms with Crippen LogP contribution in [0, 0.1) is 35.8 Å². The molecule has 294 valence electrons. The van der Waals surface area contributed by atoms with Crippen LogP contribution >= 0.6 is 34.0 Å². The number of rotatable bonds is 10. The van der Waals surface area contributed by atoms with Crippen molar-refractivity contribution < 1.29 is 9.47 Å². The molecule has 6 nitrogen and oxygen atoms in total. The van der Waals surface area contributed by atoms with Gasteiger partial charge < -0.3 is 9.47 Å². The van der Waals surface area contributed by atoms with Crippen molar-refractivity contribution in [2.45, 2.75) is 102 Å². The fourth-order valence-electron chi connectivity index (χ4n) is 10.2. The number of allylic oxidation sites excluding steroid dienone is 4. The Labute approximate surface area is 358 Å². The number of fused-ring (bicyclic) bond motifs is 7. The summed E-state index contributed by atoms with van der Waals surface area (Å²) in [5, 5.41) is 21.8. The van der Waals surface area contributed by atoms with Crippen molar-refractivity contribution in [2.75, 3.05) is 13.2 Å². The third-order valence-electron chi connectivity index (χ3n) is 12.8. The standard InChI is InChI=1S/C50H44N4O2S3/c1-5-17-55-43-25-35(23-33(29-51)53-3)57-47(43)41-19-31-21-45-37(27-39(31)49(41)13-9-7-10-14-49)38-28-40-32(22-46(38)59-45)20-42(50(40)15-11-8-12-16-50)48-44(56-18-6-2)26-36(58-48)24-34(30-52)54-4/h19-28H,5-18H2,1-2H3/b33-23-,34-24+. The van der Waals surface area contributed by atoms with Gasteiger partial charge in [-0.2, -0.15) is 0 Å². The molecular weight excluding hydrogens is 785 g/mol. The lowest BCUT2D eigenvalue weighted by molar-refractivity contribution is 0.316. The van der Waals surface area contributed by atoms with Crippen molar-refractivity contribution >= 4 is 89.6 Å². The van der Waals surface area contributed by atoms with Gasteiger partial charge in [0.2, 0.25) is 0 Å².